The van der Waals surface area contributed by atoms with Gasteiger partial charge in [-0.2, -0.15) is 11.8 Å². The average molecular weight is 558 g/mol. The molecule has 3 rings (SSSR count). The lowest BCUT2D eigenvalue weighted by Crippen LogP contribution is -2.48. The molecule has 7 nitrogen and oxygen atoms in total. The van der Waals surface area contributed by atoms with Crippen molar-refractivity contribution in [1.29, 1.82) is 0 Å². The van der Waals surface area contributed by atoms with Gasteiger partial charge in [0.2, 0.25) is 15.9 Å². The normalized spacial score (nSPS) is 12.4. The van der Waals surface area contributed by atoms with E-state index in [0.29, 0.717) is 30.0 Å². The quantitative estimate of drug-likeness (QED) is 0.292. The Hall–Kier alpha value is -2.18. The average Bonchev–Trinajstić information content (AvgIpc) is 3.25. The highest BCUT2D eigenvalue weighted by Crippen LogP contribution is 2.25. The summed E-state index contributed by atoms with van der Waals surface area (Å²) in [6.45, 7) is 0.449. The maximum absolute atomic E-state index is 13.1. The van der Waals surface area contributed by atoms with Crippen LogP contribution in [0.25, 0.3) is 10.1 Å². The molecule has 0 unspecified atom stereocenters. The second-order valence-corrected chi connectivity index (χ2v) is 11.7. The van der Waals surface area contributed by atoms with Gasteiger partial charge in [0.1, 0.15) is 16.8 Å². The van der Waals surface area contributed by atoms with Crippen LogP contribution in [0.5, 0.6) is 0 Å². The van der Waals surface area contributed by atoms with Gasteiger partial charge < -0.3 is 10.6 Å². The zero-order chi connectivity index (χ0) is 25.4. The van der Waals surface area contributed by atoms with E-state index in [-0.39, 0.29) is 28.3 Å². The molecule has 2 amide bonds. The van der Waals surface area contributed by atoms with Crippen LogP contribution in [0.1, 0.15) is 22.5 Å². The molecule has 0 saturated carbocycles. The Bertz CT molecular complexity index is 1270. The van der Waals surface area contributed by atoms with E-state index in [1.165, 1.54) is 23.1 Å². The van der Waals surface area contributed by atoms with E-state index in [1.54, 1.807) is 0 Å². The van der Waals surface area contributed by atoms with Gasteiger partial charge in [0.25, 0.3) is 5.91 Å². The van der Waals surface area contributed by atoms with Gasteiger partial charge in [-0.3, -0.25) is 9.59 Å². The summed E-state index contributed by atoms with van der Waals surface area (Å²) in [7, 11) is -3.87. The third kappa shape index (κ3) is 7.65. The number of hydrogen-bond acceptors (Lipinski definition) is 6. The minimum absolute atomic E-state index is 0.128. The fraction of sp³-hybridized carbons (Fsp3) is 0.304. The fourth-order valence-electron chi connectivity index (χ4n) is 3.23. The first-order valence-electron chi connectivity index (χ1n) is 10.7. The molecular weight excluding hydrogens is 533 g/mol. The maximum Gasteiger partial charge on any atom is 0.262 e. The second kappa shape index (κ2) is 12.7. The SMILES string of the molecule is CSC[C@H](NC(=O)c1cc2ccccc2s1)C(=O)NCCCCNS(=O)(=O)c1ccc(F)cc1Cl. The van der Waals surface area contributed by atoms with Crippen LogP contribution in [0.15, 0.2) is 53.4 Å². The number of sulfonamides is 1. The zero-order valence-corrected chi connectivity index (χ0v) is 22.1. The minimum Gasteiger partial charge on any atom is -0.354 e. The topological polar surface area (TPSA) is 104 Å². The Balaban J connectivity index is 1.44. The molecular formula is C23H25ClFN3O4S3. The summed E-state index contributed by atoms with van der Waals surface area (Å²) in [5, 5.41) is 6.38. The van der Waals surface area contributed by atoms with Gasteiger partial charge >= 0.3 is 0 Å². The smallest absolute Gasteiger partial charge is 0.262 e. The molecule has 3 N–H and O–H groups in total. The number of hydrogen-bond donors (Lipinski definition) is 3. The minimum atomic E-state index is -3.87. The molecule has 0 aliphatic rings. The number of carbonyl (C=O) groups excluding carboxylic acids is 2. The Morgan fingerprint density at radius 2 is 1.86 bits per heavy atom. The number of benzene rings is 2. The van der Waals surface area contributed by atoms with E-state index in [9.17, 15) is 22.4 Å². The first-order valence-corrected chi connectivity index (χ1v) is 14.8. The van der Waals surface area contributed by atoms with Crippen molar-refractivity contribution in [3.05, 3.63) is 64.2 Å². The molecule has 0 radical (unpaired) electrons. The number of nitrogens with one attached hydrogen (secondary N) is 3. The van der Waals surface area contributed by atoms with Crippen molar-refractivity contribution in [2.24, 2.45) is 0 Å². The molecule has 1 heterocycles. The predicted molar refractivity (Wildman–Crippen MR) is 140 cm³/mol. The lowest BCUT2D eigenvalue weighted by molar-refractivity contribution is -0.122. The van der Waals surface area contributed by atoms with Gasteiger partial charge in [0, 0.05) is 23.5 Å². The fourth-order valence-corrected chi connectivity index (χ4v) is 6.37. The van der Waals surface area contributed by atoms with Gasteiger partial charge in [-0.15, -0.1) is 11.3 Å². The van der Waals surface area contributed by atoms with Crippen molar-refractivity contribution in [1.82, 2.24) is 15.4 Å². The number of thioether (sulfide) groups is 1. The van der Waals surface area contributed by atoms with Crippen LogP contribution in [-0.2, 0) is 14.8 Å². The maximum atomic E-state index is 13.1. The standard InChI is InChI=1S/C23H25ClFN3O4S3/c1-33-14-18(28-23(30)20-12-15-6-2-3-7-19(15)34-20)22(29)26-10-4-5-11-27-35(31,32)21-9-8-16(25)13-17(21)24/h2-3,6-9,12-13,18,27H,4-5,10-11,14H2,1H3,(H,26,29)(H,28,30)/t18-/m0/s1. The van der Waals surface area contributed by atoms with Crippen molar-refractivity contribution in [2.45, 2.75) is 23.8 Å². The van der Waals surface area contributed by atoms with Crippen LogP contribution in [0.2, 0.25) is 5.02 Å². The van der Waals surface area contributed by atoms with Gasteiger partial charge in [0.05, 0.1) is 9.90 Å². The largest absolute Gasteiger partial charge is 0.354 e. The number of carbonyl (C=O) groups is 2. The predicted octanol–water partition coefficient (Wildman–Crippen LogP) is 4.03. The Kier molecular flexibility index (Phi) is 9.93. The number of halogens is 2. The van der Waals surface area contributed by atoms with Crippen molar-refractivity contribution in [3.63, 3.8) is 0 Å². The van der Waals surface area contributed by atoms with E-state index >= 15 is 0 Å². The molecule has 0 spiro atoms. The van der Waals surface area contributed by atoms with Gasteiger partial charge in [0.15, 0.2) is 0 Å². The van der Waals surface area contributed by atoms with Crippen LogP contribution < -0.4 is 15.4 Å². The van der Waals surface area contributed by atoms with Crippen molar-refractivity contribution in [2.75, 3.05) is 25.1 Å². The van der Waals surface area contributed by atoms with Gasteiger partial charge in [-0.1, -0.05) is 29.8 Å². The van der Waals surface area contributed by atoms with Crippen molar-refractivity contribution in [3.8, 4) is 0 Å². The van der Waals surface area contributed by atoms with E-state index < -0.39 is 21.9 Å². The van der Waals surface area contributed by atoms with E-state index in [1.807, 2.05) is 36.6 Å². The molecule has 35 heavy (non-hydrogen) atoms. The Morgan fingerprint density at radius 1 is 1.11 bits per heavy atom. The van der Waals surface area contributed by atoms with Gasteiger partial charge in [-0.25, -0.2) is 17.5 Å². The zero-order valence-electron chi connectivity index (χ0n) is 18.8. The van der Waals surface area contributed by atoms with Gasteiger partial charge in [-0.05, 0) is 54.8 Å². The number of amides is 2. The van der Waals surface area contributed by atoms with Crippen LogP contribution >= 0.6 is 34.7 Å². The molecule has 2 aromatic carbocycles. The second-order valence-electron chi connectivity index (χ2n) is 7.60. The van der Waals surface area contributed by atoms with Crippen molar-refractivity contribution < 1.29 is 22.4 Å². The van der Waals surface area contributed by atoms with Crippen LogP contribution in [0, 0.1) is 5.82 Å². The molecule has 3 aromatic rings. The molecule has 12 heteroatoms. The molecule has 0 fully saturated rings. The highest BCUT2D eigenvalue weighted by atomic mass is 35.5. The highest BCUT2D eigenvalue weighted by molar-refractivity contribution is 7.98. The lowest BCUT2D eigenvalue weighted by Gasteiger charge is -2.17. The first kappa shape index (κ1) is 27.4. The number of thiophene rings is 1. The highest BCUT2D eigenvalue weighted by Gasteiger charge is 2.22. The Morgan fingerprint density at radius 3 is 2.57 bits per heavy atom. The summed E-state index contributed by atoms with van der Waals surface area (Å²) in [5.41, 5.74) is 0. The van der Waals surface area contributed by atoms with Crippen LogP contribution in [0.3, 0.4) is 0 Å². The summed E-state index contributed by atoms with van der Waals surface area (Å²) in [6.07, 6.45) is 2.83. The molecule has 1 aromatic heterocycles. The van der Waals surface area contributed by atoms with E-state index in [2.05, 4.69) is 15.4 Å². The summed E-state index contributed by atoms with van der Waals surface area (Å²) in [6, 6.07) is 11.9. The van der Waals surface area contributed by atoms with Crippen LogP contribution in [-0.4, -0.2) is 51.4 Å². The third-order valence-electron chi connectivity index (χ3n) is 4.98. The van der Waals surface area contributed by atoms with Crippen molar-refractivity contribution >= 4 is 66.6 Å². The molecule has 0 saturated heterocycles. The summed E-state index contributed by atoms with van der Waals surface area (Å²) >= 11 is 8.64. The summed E-state index contributed by atoms with van der Waals surface area (Å²) in [5.74, 6) is -0.799. The monoisotopic (exact) mass is 557 g/mol. The van der Waals surface area contributed by atoms with Crippen LogP contribution in [0.4, 0.5) is 4.39 Å². The van der Waals surface area contributed by atoms with E-state index in [4.69, 9.17) is 11.6 Å². The third-order valence-corrected chi connectivity index (χ3v) is 8.71. The summed E-state index contributed by atoms with van der Waals surface area (Å²) < 4.78 is 41.2. The number of fused-ring (bicyclic) bond motifs is 1. The molecule has 0 aliphatic heterocycles. The number of unbranched alkanes of at least 4 members (excludes halogenated alkanes) is 1. The summed E-state index contributed by atoms with van der Waals surface area (Å²) in [4.78, 5) is 25.7. The molecule has 0 aliphatic carbocycles. The Labute approximate surface area is 216 Å². The molecule has 0 bridgehead atoms. The first-order chi connectivity index (χ1) is 16.7. The van der Waals surface area contributed by atoms with E-state index in [0.717, 1.165) is 28.3 Å². The molecule has 1 atom stereocenters. The molecule has 188 valence electrons. The lowest BCUT2D eigenvalue weighted by atomic mass is 10.2. The number of rotatable bonds is 12.